The Bertz CT molecular complexity index is 1030. The SMILES string of the molecule is CC(C)[C@H](CC(=O)NC(CC(=O)O)C(C)(C)C)NC(=O)OCC1c2ccccc2-c2ccccc21. The summed E-state index contributed by atoms with van der Waals surface area (Å²) in [4.78, 5) is 36.7. The highest BCUT2D eigenvalue weighted by Gasteiger charge is 2.31. The van der Waals surface area contributed by atoms with Gasteiger partial charge < -0.3 is 20.5 Å². The number of alkyl carbamates (subject to hydrolysis) is 1. The lowest BCUT2D eigenvalue weighted by Gasteiger charge is -2.31. The second-order valence-corrected chi connectivity index (χ2v) is 10.6. The number of ether oxygens (including phenoxy) is 1. The van der Waals surface area contributed by atoms with Gasteiger partial charge in [0.15, 0.2) is 0 Å². The van der Waals surface area contributed by atoms with Gasteiger partial charge in [-0.15, -0.1) is 0 Å². The van der Waals surface area contributed by atoms with Crippen LogP contribution in [0, 0.1) is 11.3 Å². The second-order valence-electron chi connectivity index (χ2n) is 10.6. The molecule has 0 saturated heterocycles. The molecule has 2 aromatic carbocycles. The molecule has 0 heterocycles. The van der Waals surface area contributed by atoms with E-state index in [0.29, 0.717) is 0 Å². The minimum Gasteiger partial charge on any atom is -0.481 e. The number of hydrogen-bond acceptors (Lipinski definition) is 4. The van der Waals surface area contributed by atoms with E-state index in [1.165, 1.54) is 0 Å². The highest BCUT2D eigenvalue weighted by molar-refractivity contribution is 5.80. The Labute approximate surface area is 207 Å². The average molecular weight is 481 g/mol. The molecule has 188 valence electrons. The Morgan fingerprint density at radius 3 is 1.94 bits per heavy atom. The first kappa shape index (κ1) is 26.3. The number of benzene rings is 2. The van der Waals surface area contributed by atoms with Crippen molar-refractivity contribution in [2.24, 2.45) is 11.3 Å². The molecule has 1 unspecified atom stereocenters. The number of aliphatic carboxylic acids is 1. The summed E-state index contributed by atoms with van der Waals surface area (Å²) in [5.41, 5.74) is 4.16. The van der Waals surface area contributed by atoms with Crippen molar-refractivity contribution >= 4 is 18.0 Å². The molecule has 7 nitrogen and oxygen atoms in total. The smallest absolute Gasteiger partial charge is 0.407 e. The fourth-order valence-corrected chi connectivity index (χ4v) is 4.45. The lowest BCUT2D eigenvalue weighted by Crippen LogP contribution is -2.48. The van der Waals surface area contributed by atoms with Crippen molar-refractivity contribution in [3.63, 3.8) is 0 Å². The van der Waals surface area contributed by atoms with Crippen molar-refractivity contribution in [3.05, 3.63) is 59.7 Å². The lowest BCUT2D eigenvalue weighted by atomic mass is 9.84. The molecule has 0 fully saturated rings. The highest BCUT2D eigenvalue weighted by Crippen LogP contribution is 2.44. The first-order valence-corrected chi connectivity index (χ1v) is 12.1. The van der Waals surface area contributed by atoms with Crippen LogP contribution in [0.25, 0.3) is 11.1 Å². The van der Waals surface area contributed by atoms with Gasteiger partial charge in [-0.05, 0) is 33.6 Å². The van der Waals surface area contributed by atoms with Gasteiger partial charge in [0.25, 0.3) is 0 Å². The van der Waals surface area contributed by atoms with Gasteiger partial charge in [-0.2, -0.15) is 0 Å². The summed E-state index contributed by atoms with van der Waals surface area (Å²) in [7, 11) is 0. The van der Waals surface area contributed by atoms with E-state index in [0.717, 1.165) is 22.3 Å². The fraction of sp³-hybridized carbons (Fsp3) is 0.464. The Morgan fingerprint density at radius 1 is 0.914 bits per heavy atom. The third-order valence-electron chi connectivity index (χ3n) is 6.62. The number of rotatable bonds is 9. The number of carboxylic acids is 1. The number of fused-ring (bicyclic) bond motifs is 3. The maximum absolute atomic E-state index is 12.7. The Balaban J connectivity index is 1.61. The van der Waals surface area contributed by atoms with Crippen LogP contribution in [-0.2, 0) is 14.3 Å². The van der Waals surface area contributed by atoms with Crippen molar-refractivity contribution < 1.29 is 24.2 Å². The first-order valence-electron chi connectivity index (χ1n) is 12.1. The molecular formula is C28H36N2O5. The maximum atomic E-state index is 12.7. The zero-order valence-corrected chi connectivity index (χ0v) is 21.1. The molecule has 0 aromatic heterocycles. The topological polar surface area (TPSA) is 105 Å². The second kappa shape index (κ2) is 10.9. The Morgan fingerprint density at radius 2 is 1.46 bits per heavy atom. The molecule has 2 atom stereocenters. The molecule has 3 N–H and O–H groups in total. The molecule has 1 aliphatic carbocycles. The lowest BCUT2D eigenvalue weighted by molar-refractivity contribution is -0.138. The zero-order valence-electron chi connectivity index (χ0n) is 21.1. The molecule has 7 heteroatoms. The maximum Gasteiger partial charge on any atom is 0.407 e. The highest BCUT2D eigenvalue weighted by atomic mass is 16.5. The van der Waals surface area contributed by atoms with Crippen LogP contribution < -0.4 is 10.6 Å². The van der Waals surface area contributed by atoms with Crippen molar-refractivity contribution in [2.75, 3.05) is 6.61 Å². The predicted molar refractivity (Wildman–Crippen MR) is 135 cm³/mol. The van der Waals surface area contributed by atoms with Crippen LogP contribution in [0.4, 0.5) is 4.79 Å². The molecule has 0 radical (unpaired) electrons. The zero-order chi connectivity index (χ0) is 25.8. The van der Waals surface area contributed by atoms with Gasteiger partial charge in [0.1, 0.15) is 6.61 Å². The van der Waals surface area contributed by atoms with Crippen LogP contribution in [0.2, 0.25) is 0 Å². The molecular weight excluding hydrogens is 444 g/mol. The van der Waals surface area contributed by atoms with Crippen LogP contribution in [0.1, 0.15) is 64.5 Å². The molecule has 1 aliphatic rings. The van der Waals surface area contributed by atoms with E-state index in [1.807, 2.05) is 58.9 Å². The number of carbonyl (C=O) groups excluding carboxylic acids is 2. The number of nitrogens with one attached hydrogen (secondary N) is 2. The summed E-state index contributed by atoms with van der Waals surface area (Å²) in [6.07, 6.45) is -0.702. The van der Waals surface area contributed by atoms with E-state index in [4.69, 9.17) is 4.74 Å². The fourth-order valence-electron chi connectivity index (χ4n) is 4.45. The molecule has 0 bridgehead atoms. The minimum atomic E-state index is -0.970. The summed E-state index contributed by atoms with van der Waals surface area (Å²) < 4.78 is 5.63. The van der Waals surface area contributed by atoms with Gasteiger partial charge in [-0.1, -0.05) is 83.1 Å². The minimum absolute atomic E-state index is 0.0196. The summed E-state index contributed by atoms with van der Waals surface area (Å²) in [6, 6.07) is 15.3. The van der Waals surface area contributed by atoms with Crippen LogP contribution in [0.15, 0.2) is 48.5 Å². The quantitative estimate of drug-likeness (QED) is 0.471. The molecule has 0 aliphatic heterocycles. The first-order chi connectivity index (χ1) is 16.5. The standard InChI is InChI=1S/C28H36N2O5/c1-17(2)23(14-25(31)30-24(15-26(32)33)28(3,4)5)29-27(34)35-16-22-20-12-8-6-10-18(20)19-11-7-9-13-21(19)22/h6-13,17,22-24H,14-16H2,1-5H3,(H,29,34)(H,30,31)(H,32,33)/t23-,24?/m0/s1. The molecule has 35 heavy (non-hydrogen) atoms. The summed E-state index contributed by atoms with van der Waals surface area (Å²) in [5, 5.41) is 14.9. The van der Waals surface area contributed by atoms with E-state index >= 15 is 0 Å². The van der Waals surface area contributed by atoms with Gasteiger partial charge in [0, 0.05) is 24.4 Å². The third-order valence-corrected chi connectivity index (χ3v) is 6.62. The number of amides is 2. The van der Waals surface area contributed by atoms with Crippen LogP contribution in [0.5, 0.6) is 0 Å². The number of hydrogen-bond donors (Lipinski definition) is 3. The van der Waals surface area contributed by atoms with Gasteiger partial charge in [0.2, 0.25) is 5.91 Å². The van der Waals surface area contributed by atoms with Crippen molar-refractivity contribution in [1.29, 1.82) is 0 Å². The van der Waals surface area contributed by atoms with Crippen LogP contribution >= 0.6 is 0 Å². The third kappa shape index (κ3) is 6.62. The van der Waals surface area contributed by atoms with Crippen LogP contribution in [0.3, 0.4) is 0 Å². The summed E-state index contributed by atoms with van der Waals surface area (Å²) in [5.74, 6) is -1.34. The monoisotopic (exact) mass is 480 g/mol. The average Bonchev–Trinajstić information content (AvgIpc) is 3.09. The van der Waals surface area contributed by atoms with Crippen molar-refractivity contribution in [3.8, 4) is 11.1 Å². The largest absolute Gasteiger partial charge is 0.481 e. The van der Waals surface area contributed by atoms with Crippen molar-refractivity contribution in [2.45, 2.75) is 65.5 Å². The van der Waals surface area contributed by atoms with E-state index in [1.54, 1.807) is 0 Å². The van der Waals surface area contributed by atoms with Crippen molar-refractivity contribution in [1.82, 2.24) is 10.6 Å². The number of carboxylic acid groups (broad SMARTS) is 1. The van der Waals surface area contributed by atoms with E-state index in [-0.39, 0.29) is 37.2 Å². The van der Waals surface area contributed by atoms with E-state index in [2.05, 4.69) is 34.9 Å². The normalized spacial score (nSPS) is 14.6. The number of carbonyl (C=O) groups is 3. The van der Waals surface area contributed by atoms with Gasteiger partial charge in [0.05, 0.1) is 6.42 Å². The summed E-state index contributed by atoms with van der Waals surface area (Å²) in [6.45, 7) is 9.68. The molecule has 3 rings (SSSR count). The summed E-state index contributed by atoms with van der Waals surface area (Å²) >= 11 is 0. The Kier molecular flexibility index (Phi) is 8.20. The molecule has 2 aromatic rings. The van der Waals surface area contributed by atoms with Gasteiger partial charge >= 0.3 is 12.1 Å². The molecule has 0 spiro atoms. The van der Waals surface area contributed by atoms with Gasteiger partial charge in [-0.3, -0.25) is 9.59 Å². The van der Waals surface area contributed by atoms with Crippen LogP contribution in [-0.4, -0.2) is 41.8 Å². The molecule has 2 amide bonds. The Hall–Kier alpha value is -3.35. The van der Waals surface area contributed by atoms with E-state index in [9.17, 15) is 19.5 Å². The van der Waals surface area contributed by atoms with E-state index < -0.39 is 29.6 Å². The predicted octanol–water partition coefficient (Wildman–Crippen LogP) is 4.95. The van der Waals surface area contributed by atoms with Gasteiger partial charge in [-0.25, -0.2) is 4.79 Å². The molecule has 0 saturated carbocycles.